The van der Waals surface area contributed by atoms with Crippen molar-refractivity contribution in [3.05, 3.63) is 18.2 Å². The van der Waals surface area contributed by atoms with Gasteiger partial charge in [0.25, 0.3) is 0 Å². The molecule has 1 aliphatic rings. The van der Waals surface area contributed by atoms with Crippen molar-refractivity contribution in [2.24, 2.45) is 5.92 Å². The van der Waals surface area contributed by atoms with Crippen molar-refractivity contribution in [2.75, 3.05) is 20.2 Å². The summed E-state index contributed by atoms with van der Waals surface area (Å²) in [6, 6.07) is 0. The molecule has 1 aromatic rings. The van der Waals surface area contributed by atoms with Gasteiger partial charge in [-0.2, -0.15) is 0 Å². The zero-order chi connectivity index (χ0) is 11.4. The van der Waals surface area contributed by atoms with E-state index in [1.54, 1.807) is 0 Å². The Labute approximate surface area is 97.0 Å². The van der Waals surface area contributed by atoms with Crippen molar-refractivity contribution in [1.82, 2.24) is 14.9 Å². The molecular formula is C12H21N3O. The van der Waals surface area contributed by atoms with Crippen LogP contribution in [0.3, 0.4) is 0 Å². The van der Waals surface area contributed by atoms with Gasteiger partial charge >= 0.3 is 0 Å². The summed E-state index contributed by atoms with van der Waals surface area (Å²) in [6.45, 7) is 5.10. The molecule has 0 radical (unpaired) electrons. The molecule has 4 heteroatoms. The number of imidazole rings is 1. The van der Waals surface area contributed by atoms with E-state index in [1.807, 2.05) is 19.6 Å². The average Bonchev–Trinajstić information content (AvgIpc) is 2.87. The maximum absolute atomic E-state index is 5.85. The maximum atomic E-state index is 5.85. The minimum absolute atomic E-state index is 0.224. The van der Waals surface area contributed by atoms with E-state index in [0.717, 1.165) is 32.5 Å². The fraction of sp³-hybridized carbons (Fsp3) is 0.750. The third-order valence-corrected chi connectivity index (χ3v) is 3.18. The normalized spacial score (nSPS) is 25.1. The number of ether oxygens (including phenoxy) is 1. The zero-order valence-electron chi connectivity index (χ0n) is 10.1. The quantitative estimate of drug-likeness (QED) is 0.824. The van der Waals surface area contributed by atoms with Crippen molar-refractivity contribution in [2.45, 2.75) is 32.4 Å². The van der Waals surface area contributed by atoms with Crippen LogP contribution in [0.5, 0.6) is 0 Å². The van der Waals surface area contributed by atoms with Crippen LogP contribution in [-0.4, -0.2) is 29.8 Å². The average molecular weight is 223 g/mol. The zero-order valence-corrected chi connectivity index (χ0v) is 10.1. The number of nitrogens with zero attached hydrogens (tertiary/aromatic N) is 2. The van der Waals surface area contributed by atoms with Gasteiger partial charge in [0.15, 0.2) is 0 Å². The molecule has 0 aromatic carbocycles. The summed E-state index contributed by atoms with van der Waals surface area (Å²) in [5.41, 5.74) is 1.24. The van der Waals surface area contributed by atoms with Crippen LogP contribution in [0.2, 0.25) is 0 Å². The van der Waals surface area contributed by atoms with Crippen LogP contribution in [0.25, 0.3) is 0 Å². The maximum Gasteiger partial charge on any atom is 0.103 e. The molecule has 1 saturated heterocycles. The molecule has 4 nitrogen and oxygen atoms in total. The molecule has 0 bridgehead atoms. The van der Waals surface area contributed by atoms with Gasteiger partial charge in [-0.1, -0.05) is 6.92 Å². The van der Waals surface area contributed by atoms with E-state index in [2.05, 4.69) is 21.8 Å². The van der Waals surface area contributed by atoms with E-state index in [0.29, 0.717) is 5.92 Å². The van der Waals surface area contributed by atoms with Crippen molar-refractivity contribution < 1.29 is 4.74 Å². The van der Waals surface area contributed by atoms with E-state index < -0.39 is 0 Å². The van der Waals surface area contributed by atoms with Crippen molar-refractivity contribution in [3.8, 4) is 0 Å². The van der Waals surface area contributed by atoms with E-state index in [-0.39, 0.29) is 6.10 Å². The number of nitrogens with one attached hydrogen (secondary N) is 1. The minimum atomic E-state index is 0.224. The SMILES string of the molecule is CCCn1cncc1C1OCCC1CNC. The molecule has 2 rings (SSSR count). The Morgan fingerprint density at radius 2 is 2.50 bits per heavy atom. The Balaban J connectivity index is 2.12. The summed E-state index contributed by atoms with van der Waals surface area (Å²) >= 11 is 0. The lowest BCUT2D eigenvalue weighted by molar-refractivity contribution is 0.0843. The Bertz CT molecular complexity index is 324. The highest BCUT2D eigenvalue weighted by molar-refractivity contribution is 5.06. The molecule has 2 unspecified atom stereocenters. The lowest BCUT2D eigenvalue weighted by atomic mass is 9.99. The lowest BCUT2D eigenvalue weighted by Crippen LogP contribution is -2.23. The summed E-state index contributed by atoms with van der Waals surface area (Å²) in [6.07, 6.45) is 6.36. The van der Waals surface area contributed by atoms with Crippen molar-refractivity contribution in [1.29, 1.82) is 0 Å². The number of rotatable bonds is 5. The van der Waals surface area contributed by atoms with Crippen molar-refractivity contribution >= 4 is 0 Å². The van der Waals surface area contributed by atoms with Gasteiger partial charge in [-0.25, -0.2) is 4.98 Å². The molecule has 16 heavy (non-hydrogen) atoms. The highest BCUT2D eigenvalue weighted by Crippen LogP contribution is 2.33. The molecule has 0 amide bonds. The predicted octanol–water partition coefficient (Wildman–Crippen LogP) is 1.59. The second-order valence-electron chi connectivity index (χ2n) is 4.41. The van der Waals surface area contributed by atoms with E-state index >= 15 is 0 Å². The Hall–Kier alpha value is -0.870. The first-order valence-electron chi connectivity index (χ1n) is 6.13. The molecule has 1 aromatic heterocycles. The monoisotopic (exact) mass is 223 g/mol. The predicted molar refractivity (Wildman–Crippen MR) is 63.2 cm³/mol. The van der Waals surface area contributed by atoms with Crippen LogP contribution in [-0.2, 0) is 11.3 Å². The third-order valence-electron chi connectivity index (χ3n) is 3.18. The van der Waals surface area contributed by atoms with Gasteiger partial charge in [0.1, 0.15) is 6.10 Å². The molecule has 0 saturated carbocycles. The molecule has 2 atom stereocenters. The molecular weight excluding hydrogens is 202 g/mol. The Morgan fingerprint density at radius 3 is 3.25 bits per heavy atom. The van der Waals surface area contributed by atoms with Crippen molar-refractivity contribution in [3.63, 3.8) is 0 Å². The topological polar surface area (TPSA) is 39.1 Å². The fourth-order valence-corrected chi connectivity index (χ4v) is 2.43. The summed E-state index contributed by atoms with van der Waals surface area (Å²) in [7, 11) is 2.00. The molecule has 0 aliphatic carbocycles. The summed E-state index contributed by atoms with van der Waals surface area (Å²) in [4.78, 5) is 4.24. The van der Waals surface area contributed by atoms with Gasteiger partial charge in [0.2, 0.25) is 0 Å². The van der Waals surface area contributed by atoms with Crippen LogP contribution < -0.4 is 5.32 Å². The lowest BCUT2D eigenvalue weighted by Gasteiger charge is -2.19. The molecule has 1 fully saturated rings. The standard InChI is InChI=1S/C12H21N3O/c1-3-5-15-9-14-8-11(15)12-10(7-13-2)4-6-16-12/h8-10,12-13H,3-7H2,1-2H3. The summed E-state index contributed by atoms with van der Waals surface area (Å²) in [5.74, 6) is 0.581. The van der Waals surface area contributed by atoms with E-state index in [1.165, 1.54) is 5.69 Å². The first kappa shape index (κ1) is 11.6. The van der Waals surface area contributed by atoms with E-state index in [9.17, 15) is 0 Å². The number of aryl methyl sites for hydroxylation is 1. The summed E-state index contributed by atoms with van der Waals surface area (Å²) < 4.78 is 8.07. The molecule has 1 N–H and O–H groups in total. The minimum Gasteiger partial charge on any atom is -0.372 e. The van der Waals surface area contributed by atoms with Gasteiger partial charge in [0, 0.05) is 25.6 Å². The molecule has 0 spiro atoms. The largest absolute Gasteiger partial charge is 0.372 e. The highest BCUT2D eigenvalue weighted by Gasteiger charge is 2.31. The van der Waals surface area contributed by atoms with Gasteiger partial charge in [-0.3, -0.25) is 0 Å². The first-order chi connectivity index (χ1) is 7.86. The third kappa shape index (κ3) is 2.28. The van der Waals surface area contributed by atoms with Crippen LogP contribution >= 0.6 is 0 Å². The number of hydrogen-bond donors (Lipinski definition) is 1. The smallest absolute Gasteiger partial charge is 0.103 e. The van der Waals surface area contributed by atoms with Gasteiger partial charge in [-0.15, -0.1) is 0 Å². The Kier molecular flexibility index (Phi) is 3.96. The van der Waals surface area contributed by atoms with Crippen LogP contribution in [0.1, 0.15) is 31.6 Å². The molecule has 2 heterocycles. The fourth-order valence-electron chi connectivity index (χ4n) is 2.43. The Morgan fingerprint density at radius 1 is 1.62 bits per heavy atom. The number of hydrogen-bond acceptors (Lipinski definition) is 3. The second kappa shape index (κ2) is 5.46. The highest BCUT2D eigenvalue weighted by atomic mass is 16.5. The van der Waals surface area contributed by atoms with Crippen LogP contribution in [0.15, 0.2) is 12.5 Å². The molecule has 1 aliphatic heterocycles. The van der Waals surface area contributed by atoms with Gasteiger partial charge in [0.05, 0.1) is 18.2 Å². The van der Waals surface area contributed by atoms with Gasteiger partial charge < -0.3 is 14.6 Å². The van der Waals surface area contributed by atoms with Gasteiger partial charge in [-0.05, 0) is 19.9 Å². The summed E-state index contributed by atoms with van der Waals surface area (Å²) in [5, 5.41) is 3.24. The second-order valence-corrected chi connectivity index (χ2v) is 4.41. The first-order valence-corrected chi connectivity index (χ1v) is 6.13. The van der Waals surface area contributed by atoms with E-state index in [4.69, 9.17) is 4.74 Å². The van der Waals surface area contributed by atoms with Crippen LogP contribution in [0, 0.1) is 5.92 Å². The number of aromatic nitrogens is 2. The molecule has 90 valence electrons. The van der Waals surface area contributed by atoms with Crippen LogP contribution in [0.4, 0.5) is 0 Å².